The topological polar surface area (TPSA) is 36.9 Å². The summed E-state index contributed by atoms with van der Waals surface area (Å²) < 4.78 is 24.9. The van der Waals surface area contributed by atoms with E-state index in [2.05, 4.69) is 125 Å². The van der Waals surface area contributed by atoms with E-state index in [4.69, 9.17) is 18.6 Å². The molecule has 0 spiro atoms. The summed E-state index contributed by atoms with van der Waals surface area (Å²) in [6.07, 6.45) is 5.76. The monoisotopic (exact) mass is 604 g/mol. The van der Waals surface area contributed by atoms with Crippen molar-refractivity contribution >= 4 is 16.4 Å². The molecule has 0 aliphatic heterocycles. The van der Waals surface area contributed by atoms with Crippen molar-refractivity contribution in [1.29, 1.82) is 0 Å². The van der Waals surface area contributed by atoms with Gasteiger partial charge in [0.15, 0.2) is 8.32 Å². The highest BCUT2D eigenvalue weighted by Crippen LogP contribution is 2.37. The van der Waals surface area contributed by atoms with Crippen molar-refractivity contribution in [1.82, 2.24) is 0 Å². The molecular formula is C35H64O4Si2. The van der Waals surface area contributed by atoms with Crippen molar-refractivity contribution in [2.24, 2.45) is 17.8 Å². The number of hydrogen-bond donors (Lipinski definition) is 0. The molecule has 4 nitrogen and oxygen atoms in total. The Labute approximate surface area is 256 Å². The van der Waals surface area contributed by atoms with Crippen molar-refractivity contribution in [3.63, 3.8) is 0 Å². The van der Waals surface area contributed by atoms with Crippen LogP contribution in [0, 0.1) is 17.8 Å². The third-order valence-corrected chi connectivity index (χ3v) is 14.3. The summed E-state index contributed by atoms with van der Waals surface area (Å²) in [5.74, 6) is 0.890. The molecule has 41 heavy (non-hydrogen) atoms. The summed E-state index contributed by atoms with van der Waals surface area (Å²) in [7, 11) is -2.85. The van der Waals surface area contributed by atoms with E-state index in [1.54, 1.807) is 0 Å². The van der Waals surface area contributed by atoms with Gasteiger partial charge in [0.2, 0.25) is 0 Å². The highest BCUT2D eigenvalue weighted by molar-refractivity contribution is 6.76. The lowest BCUT2D eigenvalue weighted by molar-refractivity contribution is -0.122. The van der Waals surface area contributed by atoms with Crippen LogP contribution in [0.15, 0.2) is 53.6 Å². The highest BCUT2D eigenvalue weighted by atomic mass is 28.4. The van der Waals surface area contributed by atoms with E-state index in [-0.39, 0.29) is 23.0 Å². The van der Waals surface area contributed by atoms with Crippen molar-refractivity contribution in [3.8, 4) is 0 Å². The average molecular weight is 605 g/mol. The van der Waals surface area contributed by atoms with Gasteiger partial charge in [0.25, 0.3) is 0 Å². The lowest BCUT2D eigenvalue weighted by Gasteiger charge is -2.36. The zero-order valence-corrected chi connectivity index (χ0v) is 30.9. The molecule has 0 unspecified atom stereocenters. The number of allylic oxidation sites excluding steroid dienone is 2. The lowest BCUT2D eigenvalue weighted by atomic mass is 9.91. The molecule has 0 aliphatic rings. The second-order valence-corrected chi connectivity index (χ2v) is 25.5. The Hall–Kier alpha value is -1.03. The molecule has 1 rings (SSSR count). The van der Waals surface area contributed by atoms with E-state index >= 15 is 0 Å². The third kappa shape index (κ3) is 16.4. The van der Waals surface area contributed by atoms with Crippen LogP contribution in [0.2, 0.25) is 43.8 Å². The molecule has 0 bridgehead atoms. The molecule has 1 aromatic carbocycles. The minimum atomic E-state index is -1.72. The minimum Gasteiger partial charge on any atom is -0.416 e. The number of hydrogen-bond acceptors (Lipinski definition) is 4. The molecule has 1 aromatic rings. The fourth-order valence-corrected chi connectivity index (χ4v) is 6.49. The van der Waals surface area contributed by atoms with Crippen LogP contribution in [0.1, 0.15) is 67.4 Å². The largest absolute Gasteiger partial charge is 0.416 e. The van der Waals surface area contributed by atoms with Crippen LogP contribution in [0.5, 0.6) is 0 Å². The van der Waals surface area contributed by atoms with E-state index in [0.29, 0.717) is 25.9 Å². The standard InChI is InChI=1S/C35H64O4Si2/c1-28(22-30(3)24-39-41(12,13)35(6,7)8)21-29(2)23-31(4)34(38-27-36-19-20-40(9,10)11)32(5)25-37-26-33-17-15-14-16-18-33/h14-18,22-23,30-32,34H,19-21,24-27H2,1-13H3/b28-22-,29-23+/t30-,31-,32-,34+/m1/s1. The van der Waals surface area contributed by atoms with Crippen LogP contribution in [-0.4, -0.2) is 49.1 Å². The Kier molecular flexibility index (Phi) is 16.6. The molecule has 6 heteroatoms. The number of ether oxygens (including phenoxy) is 3. The van der Waals surface area contributed by atoms with Crippen molar-refractivity contribution in [2.75, 3.05) is 26.6 Å². The van der Waals surface area contributed by atoms with Crippen LogP contribution in [0.3, 0.4) is 0 Å². The van der Waals surface area contributed by atoms with E-state index in [1.807, 2.05) is 6.07 Å². The van der Waals surface area contributed by atoms with Crippen molar-refractivity contribution in [2.45, 2.75) is 118 Å². The van der Waals surface area contributed by atoms with Crippen LogP contribution in [0.25, 0.3) is 0 Å². The smallest absolute Gasteiger partial charge is 0.192 e. The van der Waals surface area contributed by atoms with Gasteiger partial charge in [-0.05, 0) is 55.9 Å². The molecule has 0 aliphatic carbocycles. The first-order valence-corrected chi connectivity index (χ1v) is 22.3. The molecule has 0 fully saturated rings. The predicted octanol–water partition coefficient (Wildman–Crippen LogP) is 10.1. The van der Waals surface area contributed by atoms with Crippen molar-refractivity contribution in [3.05, 3.63) is 59.2 Å². The predicted molar refractivity (Wildman–Crippen MR) is 183 cm³/mol. The molecule has 236 valence electrons. The van der Waals surface area contributed by atoms with Crippen LogP contribution < -0.4 is 0 Å². The highest BCUT2D eigenvalue weighted by Gasteiger charge is 2.37. The molecular weight excluding hydrogens is 541 g/mol. The third-order valence-electron chi connectivity index (χ3n) is 8.10. The Balaban J connectivity index is 2.78. The quantitative estimate of drug-likeness (QED) is 0.0681. The lowest BCUT2D eigenvalue weighted by Crippen LogP contribution is -2.41. The maximum absolute atomic E-state index is 6.46. The Morgan fingerprint density at radius 2 is 1.46 bits per heavy atom. The average Bonchev–Trinajstić information content (AvgIpc) is 2.83. The normalized spacial score (nSPS) is 16.9. The van der Waals surface area contributed by atoms with Gasteiger partial charge in [0.1, 0.15) is 6.79 Å². The van der Waals surface area contributed by atoms with E-state index < -0.39 is 16.4 Å². The second kappa shape index (κ2) is 17.9. The molecule has 0 amide bonds. The first-order valence-electron chi connectivity index (χ1n) is 15.7. The van der Waals surface area contributed by atoms with Crippen LogP contribution in [0.4, 0.5) is 0 Å². The number of benzene rings is 1. The van der Waals surface area contributed by atoms with Gasteiger partial charge in [-0.15, -0.1) is 0 Å². The summed E-state index contributed by atoms with van der Waals surface area (Å²) >= 11 is 0. The maximum atomic E-state index is 6.46. The van der Waals surface area contributed by atoms with E-state index in [1.165, 1.54) is 16.7 Å². The molecule has 0 N–H and O–H groups in total. The zero-order valence-electron chi connectivity index (χ0n) is 28.9. The van der Waals surface area contributed by atoms with Gasteiger partial charge in [-0.25, -0.2) is 0 Å². The molecule has 0 aromatic heterocycles. The van der Waals surface area contributed by atoms with E-state index in [9.17, 15) is 0 Å². The molecule has 0 saturated carbocycles. The first-order chi connectivity index (χ1) is 18.9. The Bertz CT molecular complexity index is 912. The fourth-order valence-electron chi connectivity index (χ4n) is 4.62. The first kappa shape index (κ1) is 38.0. The van der Waals surface area contributed by atoms with Crippen LogP contribution >= 0.6 is 0 Å². The SMILES string of the molecule is C/C(=C/[C@@H](C)CO[Si](C)(C)C(C)(C)C)C/C(C)=C/[C@@H](C)[C@H](OCOCC[Si](C)(C)C)[C@H](C)COCc1ccccc1. The van der Waals surface area contributed by atoms with Crippen LogP contribution in [-0.2, 0) is 25.2 Å². The number of rotatable bonds is 19. The minimum absolute atomic E-state index is 0.0220. The molecule has 4 atom stereocenters. The molecule has 0 saturated heterocycles. The molecule has 0 heterocycles. The van der Waals surface area contributed by atoms with Gasteiger partial charge in [-0.1, -0.05) is 115 Å². The van der Waals surface area contributed by atoms with Gasteiger partial charge in [-0.3, -0.25) is 0 Å². The fraction of sp³-hybridized carbons (Fsp3) is 0.714. The van der Waals surface area contributed by atoms with Gasteiger partial charge in [-0.2, -0.15) is 0 Å². The summed E-state index contributed by atoms with van der Waals surface area (Å²) in [6.45, 7) is 33.1. The Morgan fingerprint density at radius 1 is 0.854 bits per heavy atom. The maximum Gasteiger partial charge on any atom is 0.192 e. The summed E-state index contributed by atoms with van der Waals surface area (Å²) in [5, 5.41) is 0.239. The van der Waals surface area contributed by atoms with Gasteiger partial charge < -0.3 is 18.6 Å². The summed E-state index contributed by atoms with van der Waals surface area (Å²) in [4.78, 5) is 0. The molecule has 0 radical (unpaired) electrons. The summed E-state index contributed by atoms with van der Waals surface area (Å²) in [6, 6.07) is 11.5. The van der Waals surface area contributed by atoms with Gasteiger partial charge in [0.05, 0.1) is 19.3 Å². The van der Waals surface area contributed by atoms with Gasteiger partial charge in [0, 0.05) is 33.1 Å². The summed E-state index contributed by atoms with van der Waals surface area (Å²) in [5.41, 5.74) is 3.96. The zero-order chi connectivity index (χ0) is 31.3. The van der Waals surface area contributed by atoms with Gasteiger partial charge >= 0.3 is 0 Å². The van der Waals surface area contributed by atoms with E-state index in [0.717, 1.165) is 25.7 Å². The van der Waals surface area contributed by atoms with Crippen molar-refractivity contribution < 1.29 is 18.6 Å². The second-order valence-electron chi connectivity index (χ2n) is 15.1. The Morgan fingerprint density at radius 3 is 2.05 bits per heavy atom.